The number of carbonyl (C=O) groups is 4. The van der Waals surface area contributed by atoms with E-state index >= 15 is 0 Å². The van der Waals surface area contributed by atoms with Crippen molar-refractivity contribution >= 4 is 46.5 Å². The fourth-order valence-corrected chi connectivity index (χ4v) is 5.36. The van der Waals surface area contributed by atoms with E-state index in [1.54, 1.807) is 53.4 Å². The maximum atomic E-state index is 14.3. The van der Waals surface area contributed by atoms with E-state index in [2.05, 4.69) is 10.6 Å². The summed E-state index contributed by atoms with van der Waals surface area (Å²) in [5.41, 5.74) is 2.87. The fraction of sp³-hybridized carbons (Fsp3) is 0.200. The third-order valence-electron chi connectivity index (χ3n) is 7.44. The van der Waals surface area contributed by atoms with E-state index in [1.807, 2.05) is 87.5 Å². The van der Waals surface area contributed by atoms with Gasteiger partial charge in [0.25, 0.3) is 11.8 Å². The molecular weight excluding hydrogens is 554 g/mol. The normalized spacial score (nSPS) is 15.3. The van der Waals surface area contributed by atoms with Gasteiger partial charge in [0, 0.05) is 17.4 Å². The first-order chi connectivity index (χ1) is 21.3. The lowest BCUT2D eigenvalue weighted by Crippen LogP contribution is -2.58. The Morgan fingerprint density at radius 3 is 1.89 bits per heavy atom. The van der Waals surface area contributed by atoms with Gasteiger partial charge < -0.3 is 15.5 Å². The third-order valence-corrected chi connectivity index (χ3v) is 7.44. The Bertz CT molecular complexity index is 1630. The van der Waals surface area contributed by atoms with E-state index < -0.39 is 29.9 Å². The van der Waals surface area contributed by atoms with Gasteiger partial charge in [-0.3, -0.25) is 24.2 Å². The molecule has 224 valence electrons. The first-order valence-electron chi connectivity index (χ1n) is 14.5. The first kappa shape index (κ1) is 30.0. The Labute approximate surface area is 257 Å². The van der Waals surface area contributed by atoms with Crippen molar-refractivity contribution in [1.29, 1.82) is 0 Å². The lowest BCUT2D eigenvalue weighted by Gasteiger charge is -2.31. The molecule has 9 heteroatoms. The summed E-state index contributed by atoms with van der Waals surface area (Å²) in [4.78, 5) is 60.1. The number of amides is 5. The second-order valence-electron chi connectivity index (χ2n) is 10.8. The molecule has 0 aliphatic carbocycles. The van der Waals surface area contributed by atoms with Crippen LogP contribution in [0.4, 0.5) is 27.5 Å². The van der Waals surface area contributed by atoms with E-state index in [9.17, 15) is 19.2 Å². The quantitative estimate of drug-likeness (QED) is 0.263. The van der Waals surface area contributed by atoms with Crippen LogP contribution in [0.3, 0.4) is 0 Å². The lowest BCUT2D eigenvalue weighted by atomic mass is 10.1. The lowest BCUT2D eigenvalue weighted by molar-refractivity contribution is -0.129. The zero-order chi connectivity index (χ0) is 31.2. The zero-order valence-corrected chi connectivity index (χ0v) is 24.9. The van der Waals surface area contributed by atoms with E-state index in [0.29, 0.717) is 22.7 Å². The summed E-state index contributed by atoms with van der Waals surface area (Å²) in [6, 6.07) is 31.5. The maximum Gasteiger partial charge on any atom is 0.316 e. The minimum absolute atomic E-state index is 0.205. The SMILES string of the molecule is CC(C)N(C(=O)CN1C(=O)C(NC(=O)N[C@@H](C)c2ccccc2)C(=O)N(c2ccccc2)c2ccccc21)c1ccccc1. The van der Waals surface area contributed by atoms with Crippen LogP contribution in [-0.4, -0.2) is 42.4 Å². The molecule has 0 saturated heterocycles. The molecule has 0 bridgehead atoms. The van der Waals surface area contributed by atoms with Crippen LogP contribution < -0.4 is 25.3 Å². The van der Waals surface area contributed by atoms with Crippen LogP contribution in [0.15, 0.2) is 115 Å². The molecule has 0 saturated carbocycles. The molecule has 0 spiro atoms. The number of hydrogen-bond donors (Lipinski definition) is 2. The Morgan fingerprint density at radius 1 is 0.727 bits per heavy atom. The molecule has 1 unspecified atom stereocenters. The molecule has 5 rings (SSSR count). The number of anilines is 4. The second-order valence-corrected chi connectivity index (χ2v) is 10.8. The maximum absolute atomic E-state index is 14.3. The number of para-hydroxylation sites is 4. The summed E-state index contributed by atoms with van der Waals surface area (Å²) in [7, 11) is 0. The minimum atomic E-state index is -1.61. The topological polar surface area (TPSA) is 102 Å². The Kier molecular flexibility index (Phi) is 9.04. The Morgan fingerprint density at radius 2 is 1.27 bits per heavy atom. The number of nitrogens with one attached hydrogen (secondary N) is 2. The summed E-state index contributed by atoms with van der Waals surface area (Å²) < 4.78 is 0. The fourth-order valence-electron chi connectivity index (χ4n) is 5.36. The molecule has 9 nitrogen and oxygen atoms in total. The molecule has 0 fully saturated rings. The number of fused-ring (bicyclic) bond motifs is 1. The predicted molar refractivity (Wildman–Crippen MR) is 172 cm³/mol. The van der Waals surface area contributed by atoms with E-state index in [-0.39, 0.29) is 18.5 Å². The predicted octanol–water partition coefficient (Wildman–Crippen LogP) is 5.57. The summed E-state index contributed by atoms with van der Waals surface area (Å²) in [6.07, 6.45) is 0. The number of nitrogens with zero attached hydrogens (tertiary/aromatic N) is 3. The van der Waals surface area contributed by atoms with Gasteiger partial charge in [0.05, 0.1) is 17.4 Å². The number of carbonyl (C=O) groups excluding carboxylic acids is 4. The smallest absolute Gasteiger partial charge is 0.316 e. The largest absolute Gasteiger partial charge is 0.332 e. The van der Waals surface area contributed by atoms with Crippen LogP contribution in [0.25, 0.3) is 0 Å². The van der Waals surface area contributed by atoms with Crippen LogP contribution in [0.1, 0.15) is 32.4 Å². The van der Waals surface area contributed by atoms with Crippen LogP contribution >= 0.6 is 0 Å². The van der Waals surface area contributed by atoms with Crippen molar-refractivity contribution in [2.45, 2.75) is 38.9 Å². The van der Waals surface area contributed by atoms with Crippen molar-refractivity contribution in [2.75, 3.05) is 21.2 Å². The van der Waals surface area contributed by atoms with Gasteiger partial charge >= 0.3 is 6.03 Å². The molecule has 44 heavy (non-hydrogen) atoms. The highest BCUT2D eigenvalue weighted by Crippen LogP contribution is 2.38. The molecule has 4 aromatic carbocycles. The Hall–Kier alpha value is -5.44. The van der Waals surface area contributed by atoms with Crippen molar-refractivity contribution in [3.63, 3.8) is 0 Å². The summed E-state index contributed by atoms with van der Waals surface area (Å²) in [6.45, 7) is 5.25. The van der Waals surface area contributed by atoms with Gasteiger partial charge in [-0.15, -0.1) is 0 Å². The number of benzene rings is 4. The van der Waals surface area contributed by atoms with Crippen LogP contribution in [-0.2, 0) is 14.4 Å². The molecule has 0 radical (unpaired) electrons. The molecule has 2 N–H and O–H groups in total. The van der Waals surface area contributed by atoms with E-state index in [1.165, 1.54) is 9.80 Å². The van der Waals surface area contributed by atoms with Gasteiger partial charge in [-0.05, 0) is 62.7 Å². The van der Waals surface area contributed by atoms with Gasteiger partial charge in [0.2, 0.25) is 5.91 Å². The Balaban J connectivity index is 1.53. The third kappa shape index (κ3) is 6.32. The second kappa shape index (κ2) is 13.2. The standard InChI is InChI=1S/C35H35N5O4/c1-24(2)39(27-17-9-5-10-18-27)31(41)23-38-29-21-13-14-22-30(29)40(28-19-11-6-12-20-28)34(43)32(33(38)42)37-35(44)36-25(3)26-15-7-4-8-16-26/h4-22,24-25,32H,23H2,1-3H3,(H2,36,37,44)/t25-,32?/m0/s1. The van der Waals surface area contributed by atoms with Gasteiger partial charge in [0.15, 0.2) is 6.04 Å². The van der Waals surface area contributed by atoms with Crippen LogP contribution in [0.2, 0.25) is 0 Å². The average molecular weight is 590 g/mol. The van der Waals surface area contributed by atoms with Gasteiger partial charge in [-0.1, -0.05) is 78.9 Å². The minimum Gasteiger partial charge on any atom is -0.332 e. The molecule has 1 aliphatic rings. The van der Waals surface area contributed by atoms with E-state index in [4.69, 9.17) is 0 Å². The van der Waals surface area contributed by atoms with Gasteiger partial charge in [-0.25, -0.2) is 4.79 Å². The van der Waals surface area contributed by atoms with Crippen LogP contribution in [0.5, 0.6) is 0 Å². The zero-order valence-electron chi connectivity index (χ0n) is 24.9. The van der Waals surface area contributed by atoms with Crippen molar-refractivity contribution in [1.82, 2.24) is 10.6 Å². The molecule has 1 aliphatic heterocycles. The van der Waals surface area contributed by atoms with Crippen molar-refractivity contribution in [2.24, 2.45) is 0 Å². The van der Waals surface area contributed by atoms with Gasteiger partial charge in [0.1, 0.15) is 6.54 Å². The van der Waals surface area contributed by atoms with Gasteiger partial charge in [-0.2, -0.15) is 0 Å². The highest BCUT2D eigenvalue weighted by atomic mass is 16.2. The molecular formula is C35H35N5O4. The molecule has 5 amide bonds. The number of hydrogen-bond acceptors (Lipinski definition) is 4. The molecule has 1 heterocycles. The molecule has 0 aromatic heterocycles. The highest BCUT2D eigenvalue weighted by Gasteiger charge is 2.43. The first-order valence-corrected chi connectivity index (χ1v) is 14.5. The van der Waals surface area contributed by atoms with Crippen molar-refractivity contribution in [3.8, 4) is 0 Å². The number of rotatable bonds is 8. The monoisotopic (exact) mass is 589 g/mol. The molecule has 4 aromatic rings. The average Bonchev–Trinajstić information content (AvgIpc) is 3.11. The summed E-state index contributed by atoms with van der Waals surface area (Å²) in [5, 5.41) is 5.45. The summed E-state index contributed by atoms with van der Waals surface area (Å²) >= 11 is 0. The number of urea groups is 1. The van der Waals surface area contributed by atoms with E-state index in [0.717, 1.165) is 5.56 Å². The van der Waals surface area contributed by atoms with Crippen molar-refractivity contribution < 1.29 is 19.2 Å². The van der Waals surface area contributed by atoms with Crippen LogP contribution in [0, 0.1) is 0 Å². The molecule has 2 atom stereocenters. The highest BCUT2D eigenvalue weighted by molar-refractivity contribution is 6.24. The summed E-state index contributed by atoms with van der Waals surface area (Å²) in [5.74, 6) is -1.70. The van der Waals surface area contributed by atoms with Crippen molar-refractivity contribution in [3.05, 3.63) is 121 Å².